The first kappa shape index (κ1) is 11.7. The summed E-state index contributed by atoms with van der Waals surface area (Å²) >= 11 is 7.31. The Hall–Kier alpha value is -0.810. The number of hydrogen-bond donors (Lipinski definition) is 1. The van der Waals surface area contributed by atoms with E-state index in [1.807, 2.05) is 5.38 Å². The third-order valence-electron chi connectivity index (χ3n) is 2.81. The summed E-state index contributed by atoms with van der Waals surface area (Å²) in [6, 6.07) is 0. The summed E-state index contributed by atoms with van der Waals surface area (Å²) < 4.78 is 0. The summed E-state index contributed by atoms with van der Waals surface area (Å²) in [5.74, 6) is -0.389. The Morgan fingerprint density at radius 3 is 2.81 bits per heavy atom. The highest BCUT2D eigenvalue weighted by Gasteiger charge is 2.22. The van der Waals surface area contributed by atoms with Crippen LogP contribution >= 0.6 is 22.9 Å². The Balaban J connectivity index is 1.87. The molecular weight excluding hydrogens is 248 g/mol. The standard InChI is InChI=1S/C10H13ClN2O2S/c11-8-6-16-10(12-8)13-3-1-7(2-4-13)5-9(14)15/h6-7H,1-5H2,(H,14,15). The monoisotopic (exact) mass is 260 g/mol. The van der Waals surface area contributed by atoms with Crippen LogP contribution in [0.15, 0.2) is 5.38 Å². The predicted octanol–water partition coefficient (Wildman–Crippen LogP) is 2.49. The Labute approximate surface area is 103 Å². The van der Waals surface area contributed by atoms with Gasteiger partial charge in [0.2, 0.25) is 0 Å². The van der Waals surface area contributed by atoms with E-state index >= 15 is 0 Å². The zero-order valence-electron chi connectivity index (χ0n) is 8.73. The predicted molar refractivity (Wildman–Crippen MR) is 64.3 cm³/mol. The van der Waals surface area contributed by atoms with Crippen LogP contribution in [-0.2, 0) is 4.79 Å². The van der Waals surface area contributed by atoms with Gasteiger partial charge in [-0.3, -0.25) is 4.79 Å². The van der Waals surface area contributed by atoms with E-state index in [0.29, 0.717) is 11.1 Å². The number of aliphatic carboxylic acids is 1. The van der Waals surface area contributed by atoms with Gasteiger partial charge in [-0.25, -0.2) is 4.98 Å². The van der Waals surface area contributed by atoms with Gasteiger partial charge in [-0.15, -0.1) is 11.3 Å². The van der Waals surface area contributed by atoms with Crippen LogP contribution < -0.4 is 4.90 Å². The summed E-state index contributed by atoms with van der Waals surface area (Å²) in [6.07, 6.45) is 2.12. The second kappa shape index (κ2) is 5.01. The highest BCUT2D eigenvalue weighted by Crippen LogP contribution is 2.28. The third kappa shape index (κ3) is 2.86. The fourth-order valence-electron chi connectivity index (χ4n) is 1.97. The Kier molecular flexibility index (Phi) is 3.66. The van der Waals surface area contributed by atoms with Gasteiger partial charge < -0.3 is 10.0 Å². The molecule has 0 atom stereocenters. The largest absolute Gasteiger partial charge is 0.481 e. The molecule has 0 aliphatic carbocycles. The first-order valence-electron chi connectivity index (χ1n) is 5.23. The lowest BCUT2D eigenvalue weighted by atomic mass is 9.94. The molecule has 1 aliphatic heterocycles. The normalized spacial score (nSPS) is 17.7. The van der Waals surface area contributed by atoms with E-state index in [1.54, 1.807) is 0 Å². The van der Waals surface area contributed by atoms with Crippen molar-refractivity contribution in [2.24, 2.45) is 5.92 Å². The number of hydrogen-bond acceptors (Lipinski definition) is 4. The molecule has 0 spiro atoms. The maximum atomic E-state index is 10.6. The molecule has 1 aromatic rings. The van der Waals surface area contributed by atoms with E-state index in [2.05, 4.69) is 9.88 Å². The maximum Gasteiger partial charge on any atom is 0.303 e. The van der Waals surface area contributed by atoms with Crippen molar-refractivity contribution in [2.45, 2.75) is 19.3 Å². The Morgan fingerprint density at radius 2 is 2.31 bits per heavy atom. The van der Waals surface area contributed by atoms with Crippen molar-refractivity contribution in [3.05, 3.63) is 10.5 Å². The van der Waals surface area contributed by atoms with E-state index in [0.717, 1.165) is 31.1 Å². The summed E-state index contributed by atoms with van der Waals surface area (Å²) in [4.78, 5) is 17.0. The molecule has 1 fully saturated rings. The number of nitrogens with zero attached hydrogens (tertiary/aromatic N) is 2. The van der Waals surface area contributed by atoms with Gasteiger partial charge in [-0.05, 0) is 18.8 Å². The molecule has 2 heterocycles. The molecule has 6 heteroatoms. The molecule has 0 bridgehead atoms. The van der Waals surface area contributed by atoms with E-state index in [1.165, 1.54) is 11.3 Å². The van der Waals surface area contributed by atoms with Crippen molar-refractivity contribution in [3.63, 3.8) is 0 Å². The van der Waals surface area contributed by atoms with Gasteiger partial charge in [0.15, 0.2) is 5.13 Å². The molecule has 0 amide bonds. The second-order valence-corrected chi connectivity index (χ2v) is 5.20. The quantitative estimate of drug-likeness (QED) is 0.907. The molecule has 1 N–H and O–H groups in total. The fourth-order valence-corrected chi connectivity index (χ4v) is 2.97. The number of thiazole rings is 1. The number of carbonyl (C=O) groups is 1. The lowest BCUT2D eigenvalue weighted by Crippen LogP contribution is -2.34. The van der Waals surface area contributed by atoms with Crippen LogP contribution in [0.1, 0.15) is 19.3 Å². The molecule has 1 saturated heterocycles. The number of aromatic nitrogens is 1. The number of carboxylic acids is 1. The highest BCUT2D eigenvalue weighted by atomic mass is 35.5. The summed E-state index contributed by atoms with van der Waals surface area (Å²) in [5.41, 5.74) is 0. The minimum absolute atomic E-state index is 0.284. The SMILES string of the molecule is O=C(O)CC1CCN(c2nc(Cl)cs2)CC1. The van der Waals surface area contributed by atoms with Crippen LogP contribution in [0.5, 0.6) is 0 Å². The van der Waals surface area contributed by atoms with Crippen molar-refractivity contribution >= 4 is 34.0 Å². The summed E-state index contributed by atoms with van der Waals surface area (Å²) in [5, 5.41) is 12.0. The molecule has 0 aromatic carbocycles. The molecule has 0 unspecified atom stereocenters. The first-order valence-corrected chi connectivity index (χ1v) is 6.48. The average molecular weight is 261 g/mol. The lowest BCUT2D eigenvalue weighted by molar-refractivity contribution is -0.138. The molecule has 4 nitrogen and oxygen atoms in total. The Morgan fingerprint density at radius 1 is 1.62 bits per heavy atom. The minimum Gasteiger partial charge on any atom is -0.481 e. The number of piperidine rings is 1. The zero-order valence-corrected chi connectivity index (χ0v) is 10.3. The Bertz CT molecular complexity index is 375. The van der Waals surface area contributed by atoms with Gasteiger partial charge in [-0.2, -0.15) is 0 Å². The zero-order chi connectivity index (χ0) is 11.5. The average Bonchev–Trinajstić information content (AvgIpc) is 2.65. The van der Waals surface area contributed by atoms with Gasteiger partial charge in [0.1, 0.15) is 5.15 Å². The van der Waals surface area contributed by atoms with Gasteiger partial charge in [-0.1, -0.05) is 11.6 Å². The highest BCUT2D eigenvalue weighted by molar-refractivity contribution is 7.14. The summed E-state index contributed by atoms with van der Waals surface area (Å²) in [6.45, 7) is 1.75. The smallest absolute Gasteiger partial charge is 0.303 e. The summed E-state index contributed by atoms with van der Waals surface area (Å²) in [7, 11) is 0. The van der Waals surface area contributed by atoms with E-state index in [4.69, 9.17) is 16.7 Å². The maximum absolute atomic E-state index is 10.6. The number of carboxylic acid groups (broad SMARTS) is 1. The molecule has 2 rings (SSSR count). The first-order chi connectivity index (χ1) is 7.65. The number of anilines is 1. The topological polar surface area (TPSA) is 53.4 Å². The van der Waals surface area contributed by atoms with Crippen LogP contribution in [0.3, 0.4) is 0 Å². The second-order valence-electron chi connectivity index (χ2n) is 3.98. The van der Waals surface area contributed by atoms with Crippen LogP contribution in [0.25, 0.3) is 0 Å². The number of rotatable bonds is 3. The van der Waals surface area contributed by atoms with Crippen molar-refractivity contribution < 1.29 is 9.90 Å². The third-order valence-corrected chi connectivity index (χ3v) is 4.04. The van der Waals surface area contributed by atoms with Crippen molar-refractivity contribution in [2.75, 3.05) is 18.0 Å². The fraction of sp³-hybridized carbons (Fsp3) is 0.600. The van der Waals surface area contributed by atoms with E-state index < -0.39 is 5.97 Å². The molecule has 0 radical (unpaired) electrons. The van der Waals surface area contributed by atoms with Crippen LogP contribution in [0.2, 0.25) is 5.15 Å². The minimum atomic E-state index is -0.698. The molecule has 1 aromatic heterocycles. The lowest BCUT2D eigenvalue weighted by Gasteiger charge is -2.30. The van der Waals surface area contributed by atoms with Crippen molar-refractivity contribution in [1.29, 1.82) is 0 Å². The van der Waals surface area contributed by atoms with Gasteiger partial charge in [0, 0.05) is 24.9 Å². The van der Waals surface area contributed by atoms with E-state index in [9.17, 15) is 4.79 Å². The van der Waals surface area contributed by atoms with Gasteiger partial charge >= 0.3 is 5.97 Å². The van der Waals surface area contributed by atoms with Crippen LogP contribution in [-0.4, -0.2) is 29.1 Å². The molecule has 1 aliphatic rings. The number of halogens is 1. The van der Waals surface area contributed by atoms with Gasteiger partial charge in [0.05, 0.1) is 0 Å². The van der Waals surface area contributed by atoms with Crippen molar-refractivity contribution in [1.82, 2.24) is 4.98 Å². The molecule has 88 valence electrons. The van der Waals surface area contributed by atoms with Crippen LogP contribution in [0.4, 0.5) is 5.13 Å². The van der Waals surface area contributed by atoms with E-state index in [-0.39, 0.29) is 6.42 Å². The van der Waals surface area contributed by atoms with Crippen molar-refractivity contribution in [3.8, 4) is 0 Å². The van der Waals surface area contributed by atoms with Crippen LogP contribution in [0, 0.1) is 5.92 Å². The molecule has 16 heavy (non-hydrogen) atoms. The molecular formula is C10H13ClN2O2S. The van der Waals surface area contributed by atoms with Gasteiger partial charge in [0.25, 0.3) is 0 Å². The molecule has 0 saturated carbocycles.